The summed E-state index contributed by atoms with van der Waals surface area (Å²) in [6, 6.07) is 10.2. The smallest absolute Gasteiger partial charge is 0.270 e. The van der Waals surface area contributed by atoms with Crippen molar-refractivity contribution in [3.05, 3.63) is 58.5 Å². The molecule has 0 fully saturated rings. The minimum absolute atomic E-state index is 0.216. The molecule has 2 rings (SSSR count). The molecule has 2 aromatic rings. The van der Waals surface area contributed by atoms with Gasteiger partial charge in [-0.05, 0) is 36.3 Å². The summed E-state index contributed by atoms with van der Waals surface area (Å²) in [5.41, 5.74) is 0.753. The average Bonchev–Trinajstić information content (AvgIpc) is 2.70. The van der Waals surface area contributed by atoms with Crippen LogP contribution in [0.1, 0.15) is 25.3 Å². The molecule has 0 aliphatic carbocycles. The monoisotopic (exact) mass is 370 g/mol. The van der Waals surface area contributed by atoms with Crippen molar-refractivity contribution in [2.45, 2.75) is 19.8 Å². The number of likely N-dealkylation sites (N-methyl/N-ethyl adjacent to an activating group) is 1. The van der Waals surface area contributed by atoms with Gasteiger partial charge in [-0.1, -0.05) is 25.5 Å². The van der Waals surface area contributed by atoms with Crippen LogP contribution in [0.5, 0.6) is 11.5 Å². The maximum Gasteiger partial charge on any atom is 0.270 e. The lowest BCUT2D eigenvalue weighted by molar-refractivity contribution is -0.124. The van der Waals surface area contributed by atoms with E-state index in [1.807, 2.05) is 6.07 Å². The number of pyridine rings is 1. The normalized spacial score (nSPS) is 11.2. The van der Waals surface area contributed by atoms with Gasteiger partial charge in [0.2, 0.25) is 0 Å². The standard InChI is InChI=1S/C21H26N2O4/c1-5-6-12-22(2)21(25)17(23-13-8-7-9-20(23)24)14-16-10-11-18(26-3)19(15-16)27-4/h7-11,13-15H,5-6,12H2,1-4H3/b17-14+. The molecule has 1 amide bonds. The van der Waals surface area contributed by atoms with Crippen molar-refractivity contribution in [3.8, 4) is 11.5 Å². The fourth-order valence-corrected chi connectivity index (χ4v) is 2.65. The van der Waals surface area contributed by atoms with E-state index in [9.17, 15) is 9.59 Å². The molecule has 0 saturated carbocycles. The average molecular weight is 370 g/mol. The minimum Gasteiger partial charge on any atom is -0.493 e. The molecular weight excluding hydrogens is 344 g/mol. The Morgan fingerprint density at radius 3 is 2.52 bits per heavy atom. The first-order valence-corrected chi connectivity index (χ1v) is 8.89. The number of hydrogen-bond acceptors (Lipinski definition) is 4. The Bertz CT molecular complexity index is 870. The van der Waals surface area contributed by atoms with Crippen molar-refractivity contribution in [2.24, 2.45) is 0 Å². The third kappa shape index (κ3) is 5.00. The Morgan fingerprint density at radius 1 is 1.15 bits per heavy atom. The second kappa shape index (κ2) is 9.62. The summed E-state index contributed by atoms with van der Waals surface area (Å²) in [7, 11) is 4.86. The Labute approximate surface area is 159 Å². The molecule has 0 aliphatic heterocycles. The number of benzene rings is 1. The number of rotatable bonds is 8. The van der Waals surface area contributed by atoms with Crippen molar-refractivity contribution in [3.63, 3.8) is 0 Å². The highest BCUT2D eigenvalue weighted by atomic mass is 16.5. The zero-order valence-electron chi connectivity index (χ0n) is 16.3. The topological polar surface area (TPSA) is 60.8 Å². The van der Waals surface area contributed by atoms with Crippen molar-refractivity contribution >= 4 is 17.7 Å². The van der Waals surface area contributed by atoms with E-state index in [-0.39, 0.29) is 17.2 Å². The molecule has 0 unspecified atom stereocenters. The number of unbranched alkanes of at least 4 members (excludes halogenated alkanes) is 1. The van der Waals surface area contributed by atoms with Gasteiger partial charge in [-0.2, -0.15) is 0 Å². The quantitative estimate of drug-likeness (QED) is 0.670. The molecule has 27 heavy (non-hydrogen) atoms. The van der Waals surface area contributed by atoms with Gasteiger partial charge in [0.05, 0.1) is 14.2 Å². The molecule has 1 aromatic heterocycles. The largest absolute Gasteiger partial charge is 0.493 e. The molecule has 1 aromatic carbocycles. The molecule has 0 bridgehead atoms. The molecule has 0 N–H and O–H groups in total. The third-order valence-electron chi connectivity index (χ3n) is 4.21. The van der Waals surface area contributed by atoms with Gasteiger partial charge >= 0.3 is 0 Å². The summed E-state index contributed by atoms with van der Waals surface area (Å²) in [5, 5.41) is 0. The van der Waals surface area contributed by atoms with Gasteiger partial charge in [-0.15, -0.1) is 0 Å². The number of carbonyl (C=O) groups is 1. The molecule has 0 saturated heterocycles. The van der Waals surface area contributed by atoms with Gasteiger partial charge in [0.1, 0.15) is 5.70 Å². The van der Waals surface area contributed by atoms with E-state index in [0.29, 0.717) is 18.0 Å². The molecule has 0 spiro atoms. The van der Waals surface area contributed by atoms with Crippen molar-refractivity contribution in [1.82, 2.24) is 9.47 Å². The van der Waals surface area contributed by atoms with Crippen molar-refractivity contribution < 1.29 is 14.3 Å². The fourth-order valence-electron chi connectivity index (χ4n) is 2.65. The van der Waals surface area contributed by atoms with Crippen LogP contribution in [0.15, 0.2) is 47.4 Å². The number of methoxy groups -OCH3 is 2. The van der Waals surface area contributed by atoms with Crippen LogP contribution in [0.25, 0.3) is 11.8 Å². The van der Waals surface area contributed by atoms with E-state index < -0.39 is 0 Å². The summed E-state index contributed by atoms with van der Waals surface area (Å²) in [5.74, 6) is 0.934. The van der Waals surface area contributed by atoms with E-state index in [2.05, 4.69) is 6.92 Å². The summed E-state index contributed by atoms with van der Waals surface area (Å²) in [6.07, 6.45) is 5.17. The van der Waals surface area contributed by atoms with E-state index in [1.54, 1.807) is 62.7 Å². The second-order valence-corrected chi connectivity index (χ2v) is 6.13. The Kier molecular flexibility index (Phi) is 7.23. The maximum atomic E-state index is 13.0. The lowest BCUT2D eigenvalue weighted by atomic mass is 10.1. The molecule has 6 nitrogen and oxygen atoms in total. The van der Waals surface area contributed by atoms with Gasteiger partial charge < -0.3 is 14.4 Å². The fraction of sp³-hybridized carbons (Fsp3) is 0.333. The van der Waals surface area contributed by atoms with E-state index >= 15 is 0 Å². The number of amides is 1. The lowest BCUT2D eigenvalue weighted by Crippen LogP contribution is -2.33. The predicted molar refractivity (Wildman–Crippen MR) is 107 cm³/mol. The van der Waals surface area contributed by atoms with Crippen LogP contribution >= 0.6 is 0 Å². The molecule has 0 atom stereocenters. The Balaban J connectivity index is 2.52. The zero-order chi connectivity index (χ0) is 19.8. The molecule has 0 aliphatic rings. The molecule has 1 heterocycles. The van der Waals surface area contributed by atoms with Gasteiger partial charge in [0, 0.05) is 25.9 Å². The summed E-state index contributed by atoms with van der Waals surface area (Å²) in [4.78, 5) is 27.0. The Hall–Kier alpha value is -3.02. The lowest BCUT2D eigenvalue weighted by Gasteiger charge is -2.20. The molecule has 0 radical (unpaired) electrons. The van der Waals surface area contributed by atoms with Crippen LogP contribution in [0.3, 0.4) is 0 Å². The SMILES string of the molecule is CCCCN(C)C(=O)/C(=C\c1ccc(OC)c(OC)c1)n1ccccc1=O. The molecule has 6 heteroatoms. The highest BCUT2D eigenvalue weighted by Gasteiger charge is 2.18. The summed E-state index contributed by atoms with van der Waals surface area (Å²) >= 11 is 0. The first-order chi connectivity index (χ1) is 13.0. The van der Waals surface area contributed by atoms with Crippen LogP contribution in [0.2, 0.25) is 0 Å². The number of nitrogens with zero attached hydrogens (tertiary/aromatic N) is 2. The Morgan fingerprint density at radius 2 is 1.89 bits per heavy atom. The number of hydrogen-bond donors (Lipinski definition) is 0. The second-order valence-electron chi connectivity index (χ2n) is 6.13. The predicted octanol–water partition coefficient (Wildman–Crippen LogP) is 3.12. The highest BCUT2D eigenvalue weighted by Crippen LogP contribution is 2.28. The first kappa shape index (κ1) is 20.3. The van der Waals surface area contributed by atoms with Crippen LogP contribution < -0.4 is 15.0 Å². The van der Waals surface area contributed by atoms with Crippen molar-refractivity contribution in [1.29, 1.82) is 0 Å². The molecule has 144 valence electrons. The van der Waals surface area contributed by atoms with E-state index in [4.69, 9.17) is 9.47 Å². The minimum atomic E-state index is -0.263. The number of ether oxygens (including phenoxy) is 2. The van der Waals surface area contributed by atoms with Crippen LogP contribution in [0.4, 0.5) is 0 Å². The van der Waals surface area contributed by atoms with Gasteiger partial charge in [0.15, 0.2) is 11.5 Å². The molecular formula is C21H26N2O4. The number of aromatic nitrogens is 1. The third-order valence-corrected chi connectivity index (χ3v) is 4.21. The van der Waals surface area contributed by atoms with E-state index in [1.165, 1.54) is 10.6 Å². The van der Waals surface area contributed by atoms with Gasteiger partial charge in [-0.25, -0.2) is 0 Å². The van der Waals surface area contributed by atoms with Gasteiger partial charge in [0.25, 0.3) is 11.5 Å². The summed E-state index contributed by atoms with van der Waals surface area (Å²) in [6.45, 7) is 2.70. The van der Waals surface area contributed by atoms with Crippen LogP contribution in [-0.4, -0.2) is 43.2 Å². The van der Waals surface area contributed by atoms with Crippen molar-refractivity contribution in [2.75, 3.05) is 27.8 Å². The van der Waals surface area contributed by atoms with Gasteiger partial charge in [-0.3, -0.25) is 14.2 Å². The van der Waals surface area contributed by atoms with Crippen LogP contribution in [-0.2, 0) is 4.79 Å². The summed E-state index contributed by atoms with van der Waals surface area (Å²) < 4.78 is 11.9. The zero-order valence-corrected chi connectivity index (χ0v) is 16.3. The number of carbonyl (C=O) groups excluding carboxylic acids is 1. The van der Waals surface area contributed by atoms with E-state index in [0.717, 1.165) is 18.4 Å². The first-order valence-electron chi connectivity index (χ1n) is 8.89. The maximum absolute atomic E-state index is 13.0. The van der Waals surface area contributed by atoms with Crippen LogP contribution in [0, 0.1) is 0 Å². The highest BCUT2D eigenvalue weighted by molar-refractivity contribution is 6.18.